The molecule has 0 radical (unpaired) electrons. The summed E-state index contributed by atoms with van der Waals surface area (Å²) >= 11 is 0. The number of aryl methyl sites for hydroxylation is 1. The third-order valence-electron chi connectivity index (χ3n) is 6.96. The smallest absolute Gasteiger partial charge is 0.262 e. The normalized spacial score (nSPS) is 22.8. The van der Waals surface area contributed by atoms with Crippen LogP contribution in [0.1, 0.15) is 18.0 Å². The molecule has 9 heteroatoms. The second-order valence-corrected chi connectivity index (χ2v) is 10.6. The van der Waals surface area contributed by atoms with Crippen LogP contribution >= 0.6 is 0 Å². The number of ether oxygens (including phenoxy) is 1. The molecule has 3 atom stereocenters. The lowest BCUT2D eigenvalue weighted by Gasteiger charge is -2.44. The van der Waals surface area contributed by atoms with Gasteiger partial charge in [0.2, 0.25) is 0 Å². The highest BCUT2D eigenvalue weighted by Crippen LogP contribution is 2.51. The number of rotatable bonds is 5. The number of methoxy groups -OCH3 is 1. The van der Waals surface area contributed by atoms with Gasteiger partial charge in [0.25, 0.3) is 10.0 Å². The molecule has 0 amide bonds. The Balaban J connectivity index is 1.64. The standard InChI is InChI=1S/C24H28N4O4S/c1-26-13-23(25-15-26)33(30,31)28-10-9-19-22(14-29)27(2)21-8-7-17(12-20(21)24(19)28)16-5-4-6-18(11-16)32-3/h4-8,11-13,15,19,22,24,29H,9-10,14H2,1-3H3/t19-,22-,24-/m0/s1. The molecule has 2 aliphatic heterocycles. The summed E-state index contributed by atoms with van der Waals surface area (Å²) in [6.45, 7) is 0.355. The molecule has 2 aromatic carbocycles. The van der Waals surface area contributed by atoms with E-state index in [4.69, 9.17) is 4.74 Å². The Morgan fingerprint density at radius 1 is 1.15 bits per heavy atom. The number of anilines is 1. The molecule has 0 bridgehead atoms. The quantitative estimate of drug-likeness (QED) is 0.620. The summed E-state index contributed by atoms with van der Waals surface area (Å²) in [6, 6.07) is 13.4. The average molecular weight is 469 g/mol. The van der Waals surface area contributed by atoms with Crippen molar-refractivity contribution in [1.29, 1.82) is 0 Å². The number of likely N-dealkylation sites (N-methyl/N-ethyl adjacent to an activating group) is 1. The molecule has 0 aliphatic carbocycles. The van der Waals surface area contributed by atoms with E-state index in [1.807, 2.05) is 43.4 Å². The maximum atomic E-state index is 13.6. The van der Waals surface area contributed by atoms with Crippen molar-refractivity contribution in [2.45, 2.75) is 23.5 Å². The molecule has 3 heterocycles. The van der Waals surface area contributed by atoms with E-state index in [2.05, 4.69) is 16.0 Å². The molecule has 5 rings (SSSR count). The predicted molar refractivity (Wildman–Crippen MR) is 126 cm³/mol. The van der Waals surface area contributed by atoms with Crippen LogP contribution in [0.15, 0.2) is 60.0 Å². The highest BCUT2D eigenvalue weighted by Gasteiger charge is 2.50. The second-order valence-electron chi connectivity index (χ2n) is 8.76. The minimum atomic E-state index is -3.79. The van der Waals surface area contributed by atoms with Gasteiger partial charge in [0.1, 0.15) is 5.75 Å². The van der Waals surface area contributed by atoms with Crippen molar-refractivity contribution >= 4 is 15.7 Å². The number of aromatic nitrogens is 2. The van der Waals surface area contributed by atoms with Gasteiger partial charge in [-0.3, -0.25) is 0 Å². The van der Waals surface area contributed by atoms with E-state index in [0.29, 0.717) is 13.0 Å². The maximum absolute atomic E-state index is 13.6. The Bertz CT molecular complexity index is 1290. The number of nitrogens with zero attached hydrogens (tertiary/aromatic N) is 4. The number of fused-ring (bicyclic) bond motifs is 3. The van der Waals surface area contributed by atoms with Crippen LogP contribution in [0.3, 0.4) is 0 Å². The highest BCUT2D eigenvalue weighted by atomic mass is 32.2. The van der Waals surface area contributed by atoms with Gasteiger partial charge in [0, 0.05) is 38.4 Å². The molecule has 8 nitrogen and oxygen atoms in total. The van der Waals surface area contributed by atoms with Gasteiger partial charge in [-0.15, -0.1) is 0 Å². The lowest BCUT2D eigenvalue weighted by atomic mass is 9.81. The van der Waals surface area contributed by atoms with Crippen LogP contribution in [0.5, 0.6) is 5.75 Å². The van der Waals surface area contributed by atoms with Crippen molar-refractivity contribution in [2.24, 2.45) is 13.0 Å². The van der Waals surface area contributed by atoms with Crippen LogP contribution in [-0.4, -0.2) is 60.7 Å². The number of aliphatic hydroxyl groups excluding tert-OH is 1. The largest absolute Gasteiger partial charge is 0.497 e. The van der Waals surface area contributed by atoms with Gasteiger partial charge in [-0.1, -0.05) is 18.2 Å². The molecular weight excluding hydrogens is 440 g/mol. The van der Waals surface area contributed by atoms with E-state index in [9.17, 15) is 13.5 Å². The SMILES string of the molecule is COc1cccc(-c2ccc3c(c2)[C@@H]2[C@@H](CCN2S(=O)(=O)c2cn(C)cn2)[C@H](CO)N3C)c1. The predicted octanol–water partition coefficient (Wildman–Crippen LogP) is 2.66. The van der Waals surface area contributed by atoms with E-state index < -0.39 is 10.0 Å². The van der Waals surface area contributed by atoms with Crippen LogP contribution in [0, 0.1) is 5.92 Å². The topological polar surface area (TPSA) is 87.9 Å². The maximum Gasteiger partial charge on any atom is 0.262 e. The molecule has 174 valence electrons. The second kappa shape index (κ2) is 8.16. The zero-order valence-corrected chi connectivity index (χ0v) is 19.7. The summed E-state index contributed by atoms with van der Waals surface area (Å²) in [7, 11) is 1.58. The summed E-state index contributed by atoms with van der Waals surface area (Å²) in [5.74, 6) is 0.743. The molecule has 0 spiro atoms. The third-order valence-corrected chi connectivity index (χ3v) is 8.73. The molecule has 1 aromatic heterocycles. The van der Waals surface area contributed by atoms with Crippen LogP contribution in [0.4, 0.5) is 5.69 Å². The first-order valence-corrected chi connectivity index (χ1v) is 12.4. The first-order chi connectivity index (χ1) is 15.8. The van der Waals surface area contributed by atoms with E-state index >= 15 is 0 Å². The van der Waals surface area contributed by atoms with Crippen molar-refractivity contribution in [1.82, 2.24) is 13.9 Å². The molecule has 1 saturated heterocycles. The highest BCUT2D eigenvalue weighted by molar-refractivity contribution is 7.89. The number of hydrogen-bond acceptors (Lipinski definition) is 6. The van der Waals surface area contributed by atoms with E-state index in [-0.39, 0.29) is 29.6 Å². The van der Waals surface area contributed by atoms with Gasteiger partial charge in [-0.25, -0.2) is 13.4 Å². The fraction of sp³-hybridized carbons (Fsp3) is 0.375. The van der Waals surface area contributed by atoms with Gasteiger partial charge in [-0.2, -0.15) is 4.31 Å². The molecule has 1 fully saturated rings. The minimum absolute atomic E-state index is 0.0217. The van der Waals surface area contributed by atoms with Crippen molar-refractivity contribution < 1.29 is 18.3 Å². The van der Waals surface area contributed by atoms with Crippen molar-refractivity contribution in [2.75, 3.05) is 32.2 Å². The Kier molecular flexibility index (Phi) is 5.43. The summed E-state index contributed by atoms with van der Waals surface area (Å²) in [4.78, 5) is 6.21. The number of sulfonamides is 1. The van der Waals surface area contributed by atoms with Crippen LogP contribution in [-0.2, 0) is 17.1 Å². The Hall–Kier alpha value is -2.88. The summed E-state index contributed by atoms with van der Waals surface area (Å²) < 4.78 is 35.8. The Morgan fingerprint density at radius 2 is 1.94 bits per heavy atom. The molecule has 0 unspecified atom stereocenters. The van der Waals surface area contributed by atoms with Gasteiger partial charge >= 0.3 is 0 Å². The number of benzene rings is 2. The summed E-state index contributed by atoms with van der Waals surface area (Å²) in [5.41, 5.74) is 3.87. The van der Waals surface area contributed by atoms with E-state index in [1.54, 1.807) is 23.0 Å². The molecular formula is C24H28N4O4S. The van der Waals surface area contributed by atoms with Gasteiger partial charge in [-0.05, 0) is 47.4 Å². The lowest BCUT2D eigenvalue weighted by Crippen LogP contribution is -2.48. The zero-order chi connectivity index (χ0) is 23.3. The summed E-state index contributed by atoms with van der Waals surface area (Å²) in [6.07, 6.45) is 3.71. The van der Waals surface area contributed by atoms with Crippen molar-refractivity contribution in [3.8, 4) is 16.9 Å². The third kappa shape index (κ3) is 3.51. The molecule has 33 heavy (non-hydrogen) atoms. The lowest BCUT2D eigenvalue weighted by molar-refractivity contribution is 0.193. The molecule has 0 saturated carbocycles. The van der Waals surface area contributed by atoms with Crippen molar-refractivity contribution in [3.63, 3.8) is 0 Å². The van der Waals surface area contributed by atoms with Crippen molar-refractivity contribution in [3.05, 3.63) is 60.6 Å². The monoisotopic (exact) mass is 468 g/mol. The van der Waals surface area contributed by atoms with E-state index in [0.717, 1.165) is 28.1 Å². The van der Waals surface area contributed by atoms with Gasteiger partial charge in [0.05, 0.1) is 32.1 Å². The first kappa shape index (κ1) is 21.9. The molecule has 3 aromatic rings. The van der Waals surface area contributed by atoms with Crippen LogP contribution in [0.2, 0.25) is 0 Å². The average Bonchev–Trinajstić information content (AvgIpc) is 3.47. The van der Waals surface area contributed by atoms with Gasteiger partial charge < -0.3 is 19.3 Å². The first-order valence-electron chi connectivity index (χ1n) is 11.0. The molecule has 1 N–H and O–H groups in total. The zero-order valence-electron chi connectivity index (χ0n) is 18.9. The van der Waals surface area contributed by atoms with E-state index in [1.165, 1.54) is 12.5 Å². The minimum Gasteiger partial charge on any atom is -0.497 e. The van der Waals surface area contributed by atoms with Crippen LogP contribution in [0.25, 0.3) is 11.1 Å². The Labute approximate surface area is 194 Å². The number of hydrogen-bond donors (Lipinski definition) is 1. The number of imidazole rings is 1. The fourth-order valence-corrected chi connectivity index (χ4v) is 6.94. The summed E-state index contributed by atoms with van der Waals surface area (Å²) in [5, 5.41) is 10.2. The molecule has 2 aliphatic rings. The fourth-order valence-electron chi connectivity index (χ4n) is 5.31. The van der Waals surface area contributed by atoms with Crippen LogP contribution < -0.4 is 9.64 Å². The van der Waals surface area contributed by atoms with Gasteiger partial charge in [0.15, 0.2) is 5.03 Å². The Morgan fingerprint density at radius 3 is 2.64 bits per heavy atom. The number of aliphatic hydroxyl groups is 1.